The molecule has 2 aromatic carbocycles. The highest BCUT2D eigenvalue weighted by atomic mass is 35.5. The zero-order valence-corrected chi connectivity index (χ0v) is 17.4. The molecule has 0 aliphatic carbocycles. The molecule has 6 heteroatoms. The molecule has 28 heavy (non-hydrogen) atoms. The number of hydrogen-bond acceptors (Lipinski definition) is 4. The van der Waals surface area contributed by atoms with E-state index in [2.05, 4.69) is 5.32 Å². The highest BCUT2D eigenvalue weighted by Crippen LogP contribution is 2.41. The summed E-state index contributed by atoms with van der Waals surface area (Å²) in [5, 5.41) is 3.76. The van der Waals surface area contributed by atoms with Crippen LogP contribution in [0.15, 0.2) is 42.5 Å². The van der Waals surface area contributed by atoms with Crippen LogP contribution in [-0.4, -0.2) is 24.7 Å². The predicted molar refractivity (Wildman–Crippen MR) is 109 cm³/mol. The zero-order valence-electron chi connectivity index (χ0n) is 16.6. The minimum Gasteiger partial charge on any atom is -0.497 e. The van der Waals surface area contributed by atoms with Crippen LogP contribution in [0.25, 0.3) is 0 Å². The zero-order chi connectivity index (χ0) is 20.3. The van der Waals surface area contributed by atoms with Gasteiger partial charge in [-0.1, -0.05) is 18.5 Å². The largest absolute Gasteiger partial charge is 0.497 e. The fourth-order valence-corrected chi connectivity index (χ4v) is 3.48. The van der Waals surface area contributed by atoms with Crippen LogP contribution < -0.4 is 19.5 Å². The van der Waals surface area contributed by atoms with E-state index in [-0.39, 0.29) is 11.9 Å². The molecule has 1 amide bonds. The van der Waals surface area contributed by atoms with Crippen molar-refractivity contribution in [3.05, 3.63) is 53.1 Å². The van der Waals surface area contributed by atoms with Gasteiger partial charge < -0.3 is 19.5 Å². The number of halogens is 1. The molecular weight excluding hydrogens is 378 g/mol. The molecule has 0 saturated carbocycles. The van der Waals surface area contributed by atoms with Gasteiger partial charge in [0.2, 0.25) is 0 Å². The molecule has 2 aromatic rings. The van der Waals surface area contributed by atoms with Crippen LogP contribution in [0.2, 0.25) is 5.02 Å². The summed E-state index contributed by atoms with van der Waals surface area (Å²) in [5.74, 6) is 1.94. The number of amides is 1. The van der Waals surface area contributed by atoms with Gasteiger partial charge >= 0.3 is 0 Å². The molecule has 0 fully saturated rings. The summed E-state index contributed by atoms with van der Waals surface area (Å²) >= 11 is 5.92. The van der Waals surface area contributed by atoms with Crippen LogP contribution in [0.3, 0.4) is 0 Å². The maximum absolute atomic E-state index is 13.0. The Labute approximate surface area is 170 Å². The summed E-state index contributed by atoms with van der Waals surface area (Å²) in [6.07, 6.45) is 0.601. The van der Waals surface area contributed by atoms with Crippen molar-refractivity contribution in [1.82, 2.24) is 5.32 Å². The number of carbonyl (C=O) groups excluding carboxylic acids is 1. The molecule has 1 heterocycles. The Kier molecular flexibility index (Phi) is 6.04. The summed E-state index contributed by atoms with van der Waals surface area (Å²) in [7, 11) is 1.62. The third kappa shape index (κ3) is 4.71. The van der Waals surface area contributed by atoms with Crippen molar-refractivity contribution in [1.29, 1.82) is 0 Å². The quantitative estimate of drug-likeness (QED) is 0.743. The van der Waals surface area contributed by atoms with Crippen molar-refractivity contribution in [3.63, 3.8) is 0 Å². The lowest BCUT2D eigenvalue weighted by Gasteiger charge is -2.38. The van der Waals surface area contributed by atoms with Gasteiger partial charge in [-0.15, -0.1) is 0 Å². The van der Waals surface area contributed by atoms with Crippen LogP contribution in [0, 0.1) is 0 Å². The number of nitrogens with one attached hydrogen (secondary N) is 1. The van der Waals surface area contributed by atoms with Crippen LogP contribution in [0.1, 0.15) is 45.2 Å². The van der Waals surface area contributed by atoms with Gasteiger partial charge in [-0.25, -0.2) is 0 Å². The second kappa shape index (κ2) is 8.31. The van der Waals surface area contributed by atoms with Crippen molar-refractivity contribution in [2.24, 2.45) is 0 Å². The molecule has 1 aliphatic heterocycles. The first-order chi connectivity index (χ1) is 13.3. The summed E-state index contributed by atoms with van der Waals surface area (Å²) < 4.78 is 17.3. The molecule has 5 nitrogen and oxygen atoms in total. The van der Waals surface area contributed by atoms with Crippen molar-refractivity contribution in [2.75, 3.05) is 7.11 Å². The molecule has 2 atom stereocenters. The van der Waals surface area contributed by atoms with Gasteiger partial charge in [0.1, 0.15) is 22.8 Å². The predicted octanol–water partition coefficient (Wildman–Crippen LogP) is 4.92. The van der Waals surface area contributed by atoms with E-state index in [9.17, 15) is 4.79 Å². The van der Waals surface area contributed by atoms with Crippen LogP contribution in [0.4, 0.5) is 0 Å². The van der Waals surface area contributed by atoms with Crippen molar-refractivity contribution < 1.29 is 19.0 Å². The molecule has 0 aromatic heterocycles. The first-order valence-electron chi connectivity index (χ1n) is 9.41. The highest BCUT2D eigenvalue weighted by Gasteiger charge is 2.36. The van der Waals surface area contributed by atoms with Crippen LogP contribution >= 0.6 is 11.6 Å². The van der Waals surface area contributed by atoms with Gasteiger partial charge in [0.05, 0.1) is 13.2 Å². The number of benzene rings is 2. The number of carbonyl (C=O) groups is 1. The lowest BCUT2D eigenvalue weighted by Crippen LogP contribution is -2.45. The number of ether oxygens (including phenoxy) is 3. The van der Waals surface area contributed by atoms with Gasteiger partial charge in [0.15, 0.2) is 6.10 Å². The van der Waals surface area contributed by atoms with E-state index in [0.29, 0.717) is 23.6 Å². The van der Waals surface area contributed by atoms with Gasteiger partial charge in [-0.2, -0.15) is 0 Å². The van der Waals surface area contributed by atoms with Crippen LogP contribution in [0.5, 0.6) is 17.2 Å². The second-order valence-corrected chi connectivity index (χ2v) is 7.94. The lowest BCUT2D eigenvalue weighted by atomic mass is 9.89. The number of methoxy groups -OCH3 is 1. The molecule has 3 rings (SSSR count). The third-order valence-electron chi connectivity index (χ3n) is 4.75. The lowest BCUT2D eigenvalue weighted by molar-refractivity contribution is -0.129. The van der Waals surface area contributed by atoms with E-state index in [1.54, 1.807) is 31.4 Å². The van der Waals surface area contributed by atoms with Crippen molar-refractivity contribution in [3.8, 4) is 17.2 Å². The molecule has 0 saturated heterocycles. The van der Waals surface area contributed by atoms with E-state index in [4.69, 9.17) is 25.8 Å². The number of hydrogen-bond donors (Lipinski definition) is 1. The second-order valence-electron chi connectivity index (χ2n) is 7.50. The monoisotopic (exact) mass is 403 g/mol. The Balaban J connectivity index is 1.79. The average Bonchev–Trinajstić information content (AvgIpc) is 2.66. The van der Waals surface area contributed by atoms with Gasteiger partial charge in [0, 0.05) is 17.0 Å². The van der Waals surface area contributed by atoms with E-state index < -0.39 is 11.7 Å². The van der Waals surface area contributed by atoms with Gasteiger partial charge in [-0.3, -0.25) is 4.79 Å². The summed E-state index contributed by atoms with van der Waals surface area (Å²) in [6, 6.07) is 12.5. The van der Waals surface area contributed by atoms with Gasteiger partial charge in [-0.05, 0) is 62.7 Å². The Morgan fingerprint density at radius 2 is 1.93 bits per heavy atom. The first-order valence-corrected chi connectivity index (χ1v) is 9.78. The van der Waals surface area contributed by atoms with E-state index >= 15 is 0 Å². The molecule has 1 aliphatic rings. The summed E-state index contributed by atoms with van der Waals surface area (Å²) in [4.78, 5) is 13.0. The average molecular weight is 404 g/mol. The van der Waals surface area contributed by atoms with Gasteiger partial charge in [0.25, 0.3) is 5.91 Å². The number of fused-ring (bicyclic) bond motifs is 1. The minimum atomic E-state index is -0.596. The minimum absolute atomic E-state index is 0.158. The first kappa shape index (κ1) is 20.3. The molecule has 0 radical (unpaired) electrons. The van der Waals surface area contributed by atoms with E-state index in [1.807, 2.05) is 39.0 Å². The normalized spacial score (nSPS) is 18.4. The third-order valence-corrected chi connectivity index (χ3v) is 5.00. The highest BCUT2D eigenvalue weighted by molar-refractivity contribution is 6.30. The Bertz CT molecular complexity index is 835. The fraction of sp³-hybridized carbons (Fsp3) is 0.409. The molecule has 150 valence electrons. The maximum Gasteiger partial charge on any atom is 0.261 e. The Hall–Kier alpha value is -2.40. The maximum atomic E-state index is 13.0. The van der Waals surface area contributed by atoms with Crippen LogP contribution in [-0.2, 0) is 4.79 Å². The summed E-state index contributed by atoms with van der Waals surface area (Å²) in [5.41, 5.74) is 0.520. The molecular formula is C22H26ClNO4. The van der Waals surface area contributed by atoms with E-state index in [0.717, 1.165) is 17.1 Å². The number of rotatable bonds is 6. The standard InChI is InChI=1S/C22H26ClNO4/c1-5-19(27-15-8-6-14(23)7-9-15)21(25)24-18-13-22(2,3)28-20-11-10-16(26-4)12-17(18)20/h6-12,18-19H,5,13H2,1-4H3,(H,24,25). The Morgan fingerprint density at radius 3 is 2.57 bits per heavy atom. The Morgan fingerprint density at radius 1 is 1.25 bits per heavy atom. The smallest absolute Gasteiger partial charge is 0.261 e. The van der Waals surface area contributed by atoms with Crippen molar-refractivity contribution >= 4 is 17.5 Å². The fourth-order valence-electron chi connectivity index (χ4n) is 3.35. The molecule has 0 bridgehead atoms. The van der Waals surface area contributed by atoms with E-state index in [1.165, 1.54) is 0 Å². The van der Waals surface area contributed by atoms with Crippen molar-refractivity contribution in [2.45, 2.75) is 51.4 Å². The summed E-state index contributed by atoms with van der Waals surface area (Å²) in [6.45, 7) is 5.95. The SMILES string of the molecule is CCC(Oc1ccc(Cl)cc1)C(=O)NC1CC(C)(C)Oc2ccc(OC)cc21. The molecule has 0 spiro atoms. The molecule has 1 N–H and O–H groups in total. The topological polar surface area (TPSA) is 56.8 Å². The molecule has 2 unspecified atom stereocenters.